The molecule has 0 aliphatic carbocycles. The van der Waals surface area contributed by atoms with Crippen LogP contribution in [0.5, 0.6) is 11.6 Å². The van der Waals surface area contributed by atoms with Crippen LogP contribution < -0.4 is 4.74 Å². The number of pyridine rings is 1. The number of ether oxygens (including phenoxy) is 1. The Bertz CT molecular complexity index is 690. The van der Waals surface area contributed by atoms with Gasteiger partial charge < -0.3 is 4.74 Å². The fourth-order valence-electron chi connectivity index (χ4n) is 1.95. The monoisotopic (exact) mass is 270 g/mol. The van der Waals surface area contributed by atoms with Crippen molar-refractivity contribution in [3.8, 4) is 17.7 Å². The molecule has 0 fully saturated rings. The Hall–Kier alpha value is -2.41. The van der Waals surface area contributed by atoms with Crippen LogP contribution in [0.2, 0.25) is 0 Å². The second-order valence-electron chi connectivity index (χ2n) is 4.55. The van der Waals surface area contributed by atoms with Crippen molar-refractivity contribution in [2.45, 2.75) is 27.2 Å². The Morgan fingerprint density at radius 3 is 2.65 bits per heavy atom. The molecule has 0 aliphatic rings. The molecule has 4 heteroatoms. The van der Waals surface area contributed by atoms with E-state index in [1.54, 1.807) is 6.20 Å². The third-order valence-electron chi connectivity index (χ3n) is 3.35. The van der Waals surface area contributed by atoms with Gasteiger partial charge in [-0.15, -0.1) is 0 Å². The molecule has 0 radical (unpaired) electrons. The third-order valence-corrected chi connectivity index (χ3v) is 3.35. The predicted octanol–water partition coefficient (Wildman–Crippen LogP) is 4.06. The van der Waals surface area contributed by atoms with E-state index in [1.807, 2.05) is 19.9 Å². The summed E-state index contributed by atoms with van der Waals surface area (Å²) < 4.78 is 19.3. The molecule has 0 saturated heterocycles. The van der Waals surface area contributed by atoms with E-state index in [9.17, 15) is 4.39 Å². The number of hydrogen-bond donors (Lipinski definition) is 0. The standard InChI is InChI=1S/C16H15FN2O/c1-4-13-9-19-16(11(3)10(13)2)20-15-6-5-12(8-18)7-14(15)17/h5-7,9H,4H2,1-3H3. The van der Waals surface area contributed by atoms with E-state index < -0.39 is 5.82 Å². The number of halogens is 1. The Morgan fingerprint density at radius 1 is 1.30 bits per heavy atom. The molecule has 0 aliphatic heterocycles. The minimum Gasteiger partial charge on any atom is -0.436 e. The van der Waals surface area contributed by atoms with Gasteiger partial charge in [0.05, 0.1) is 11.6 Å². The maximum Gasteiger partial charge on any atom is 0.222 e. The zero-order valence-electron chi connectivity index (χ0n) is 11.7. The number of nitrogens with zero attached hydrogens (tertiary/aromatic N) is 2. The summed E-state index contributed by atoms with van der Waals surface area (Å²) in [5.74, 6) is -0.103. The first-order valence-electron chi connectivity index (χ1n) is 6.39. The van der Waals surface area contributed by atoms with Crippen LogP contribution in [0, 0.1) is 31.0 Å². The highest BCUT2D eigenvalue weighted by Crippen LogP contribution is 2.28. The number of aromatic nitrogens is 1. The smallest absolute Gasteiger partial charge is 0.222 e. The number of aryl methyl sites for hydroxylation is 1. The van der Waals surface area contributed by atoms with Crippen LogP contribution in [-0.2, 0) is 6.42 Å². The quantitative estimate of drug-likeness (QED) is 0.844. The van der Waals surface area contributed by atoms with Crippen LogP contribution in [0.3, 0.4) is 0 Å². The molecule has 0 N–H and O–H groups in total. The summed E-state index contributed by atoms with van der Waals surface area (Å²) in [7, 11) is 0. The molecule has 1 aromatic heterocycles. The van der Waals surface area contributed by atoms with Gasteiger partial charge in [-0.1, -0.05) is 6.92 Å². The molecule has 0 saturated carbocycles. The summed E-state index contributed by atoms with van der Waals surface area (Å²) in [6.45, 7) is 5.96. The van der Waals surface area contributed by atoms with Crippen molar-refractivity contribution in [1.29, 1.82) is 5.26 Å². The fraction of sp³-hybridized carbons (Fsp3) is 0.250. The van der Waals surface area contributed by atoms with Crippen LogP contribution in [0.1, 0.15) is 29.2 Å². The van der Waals surface area contributed by atoms with Gasteiger partial charge in [-0.2, -0.15) is 5.26 Å². The molecule has 102 valence electrons. The number of rotatable bonds is 3. The van der Waals surface area contributed by atoms with Gasteiger partial charge in [0.25, 0.3) is 0 Å². The Kier molecular flexibility index (Phi) is 3.99. The van der Waals surface area contributed by atoms with Crippen LogP contribution in [0.4, 0.5) is 4.39 Å². The lowest BCUT2D eigenvalue weighted by molar-refractivity contribution is 0.423. The lowest BCUT2D eigenvalue weighted by atomic mass is 10.1. The van der Waals surface area contributed by atoms with E-state index in [4.69, 9.17) is 10.00 Å². The summed E-state index contributed by atoms with van der Waals surface area (Å²) in [5, 5.41) is 8.71. The van der Waals surface area contributed by atoms with Gasteiger partial charge in [-0.3, -0.25) is 0 Å². The molecule has 1 heterocycles. The molecule has 3 nitrogen and oxygen atoms in total. The second-order valence-corrected chi connectivity index (χ2v) is 4.55. The third kappa shape index (κ3) is 2.62. The highest BCUT2D eigenvalue weighted by atomic mass is 19.1. The summed E-state index contributed by atoms with van der Waals surface area (Å²) >= 11 is 0. The van der Waals surface area contributed by atoms with Gasteiger partial charge in [0.15, 0.2) is 11.6 Å². The molecule has 1 aromatic carbocycles. The maximum absolute atomic E-state index is 13.8. The molecule has 0 amide bonds. The van der Waals surface area contributed by atoms with E-state index >= 15 is 0 Å². The van der Waals surface area contributed by atoms with Crippen molar-refractivity contribution in [3.05, 3.63) is 52.5 Å². The topological polar surface area (TPSA) is 45.9 Å². The van der Waals surface area contributed by atoms with Crippen molar-refractivity contribution >= 4 is 0 Å². The zero-order chi connectivity index (χ0) is 14.7. The van der Waals surface area contributed by atoms with Gasteiger partial charge in [0.2, 0.25) is 5.88 Å². The molecular formula is C16H15FN2O. The number of hydrogen-bond acceptors (Lipinski definition) is 3. The Labute approximate surface area is 117 Å². The highest BCUT2D eigenvalue weighted by molar-refractivity contribution is 5.42. The lowest BCUT2D eigenvalue weighted by Gasteiger charge is -2.12. The van der Waals surface area contributed by atoms with Crippen molar-refractivity contribution in [2.24, 2.45) is 0 Å². The van der Waals surface area contributed by atoms with Crippen molar-refractivity contribution in [2.75, 3.05) is 0 Å². The van der Waals surface area contributed by atoms with E-state index in [0.29, 0.717) is 5.88 Å². The minimum absolute atomic E-state index is 0.0725. The maximum atomic E-state index is 13.8. The summed E-state index contributed by atoms with van der Waals surface area (Å²) in [4.78, 5) is 4.23. The predicted molar refractivity (Wildman–Crippen MR) is 74.3 cm³/mol. The molecule has 2 rings (SSSR count). The molecule has 20 heavy (non-hydrogen) atoms. The first kappa shape index (κ1) is 14.0. The molecule has 0 bridgehead atoms. The Morgan fingerprint density at radius 2 is 2.05 bits per heavy atom. The van der Waals surface area contributed by atoms with Gasteiger partial charge in [0, 0.05) is 11.8 Å². The summed E-state index contributed by atoms with van der Waals surface area (Å²) in [6, 6.07) is 5.99. The number of nitriles is 1. The highest BCUT2D eigenvalue weighted by Gasteiger charge is 2.12. The average molecular weight is 270 g/mol. The van der Waals surface area contributed by atoms with Crippen molar-refractivity contribution in [3.63, 3.8) is 0 Å². The van der Waals surface area contributed by atoms with Gasteiger partial charge >= 0.3 is 0 Å². The largest absolute Gasteiger partial charge is 0.436 e. The van der Waals surface area contributed by atoms with Crippen LogP contribution in [0.15, 0.2) is 24.4 Å². The summed E-state index contributed by atoms with van der Waals surface area (Å²) in [6.07, 6.45) is 2.64. The van der Waals surface area contributed by atoms with E-state index in [1.165, 1.54) is 12.1 Å². The molecule has 0 atom stereocenters. The zero-order valence-corrected chi connectivity index (χ0v) is 11.7. The first-order chi connectivity index (χ1) is 9.56. The fourth-order valence-corrected chi connectivity index (χ4v) is 1.95. The van der Waals surface area contributed by atoms with E-state index in [0.717, 1.165) is 29.2 Å². The van der Waals surface area contributed by atoms with E-state index in [-0.39, 0.29) is 11.3 Å². The van der Waals surface area contributed by atoms with Crippen molar-refractivity contribution < 1.29 is 9.13 Å². The van der Waals surface area contributed by atoms with Crippen LogP contribution in [0.25, 0.3) is 0 Å². The van der Waals surface area contributed by atoms with Crippen LogP contribution in [-0.4, -0.2) is 4.98 Å². The van der Waals surface area contributed by atoms with Gasteiger partial charge in [0.1, 0.15) is 0 Å². The first-order valence-corrected chi connectivity index (χ1v) is 6.39. The second kappa shape index (κ2) is 5.70. The summed E-state index contributed by atoms with van der Waals surface area (Å²) in [5.41, 5.74) is 3.41. The minimum atomic E-state index is -0.567. The van der Waals surface area contributed by atoms with Crippen molar-refractivity contribution in [1.82, 2.24) is 4.98 Å². The van der Waals surface area contributed by atoms with Gasteiger partial charge in [-0.25, -0.2) is 9.37 Å². The molecule has 2 aromatic rings. The van der Waals surface area contributed by atoms with Crippen LogP contribution >= 0.6 is 0 Å². The Balaban J connectivity index is 2.36. The van der Waals surface area contributed by atoms with E-state index in [2.05, 4.69) is 11.9 Å². The molecule has 0 unspecified atom stereocenters. The average Bonchev–Trinajstić information content (AvgIpc) is 2.46. The normalized spacial score (nSPS) is 10.2. The van der Waals surface area contributed by atoms with Gasteiger partial charge in [-0.05, 0) is 49.6 Å². The lowest BCUT2D eigenvalue weighted by Crippen LogP contribution is -1.99. The number of benzene rings is 1. The SMILES string of the molecule is CCc1cnc(Oc2ccc(C#N)cc2F)c(C)c1C. The molecule has 0 spiro atoms. The molecular weight excluding hydrogens is 255 g/mol.